The normalized spacial score (nSPS) is 13.3. The van der Waals surface area contributed by atoms with Gasteiger partial charge in [-0.2, -0.15) is 5.10 Å². The Hall–Kier alpha value is -3.65. The molecule has 0 saturated heterocycles. The highest BCUT2D eigenvalue weighted by molar-refractivity contribution is 5.76. The second-order valence-electron chi connectivity index (χ2n) is 8.94. The van der Waals surface area contributed by atoms with Crippen LogP contribution in [0.25, 0.3) is 23.4 Å². The van der Waals surface area contributed by atoms with Crippen molar-refractivity contribution < 1.29 is 4.79 Å². The van der Waals surface area contributed by atoms with Gasteiger partial charge in [-0.25, -0.2) is 4.79 Å². The Balaban J connectivity index is 1.67. The van der Waals surface area contributed by atoms with Crippen molar-refractivity contribution in [2.45, 2.75) is 39.4 Å². The average Bonchev–Trinajstić information content (AvgIpc) is 3.28. The quantitative estimate of drug-likeness (QED) is 0.517. The van der Waals surface area contributed by atoms with Crippen molar-refractivity contribution in [3.8, 4) is 11.3 Å². The van der Waals surface area contributed by atoms with E-state index in [4.69, 9.17) is 5.10 Å². The number of rotatable bonds is 9. The lowest BCUT2D eigenvalue weighted by Crippen LogP contribution is -2.33. The molecule has 1 aromatic carbocycles. The van der Waals surface area contributed by atoms with Crippen LogP contribution < -0.4 is 11.0 Å². The number of carbonyl (C=O) groups excluding carboxylic acids is 1. The Labute approximate surface area is 206 Å². The highest BCUT2D eigenvalue weighted by Crippen LogP contribution is 2.33. The Morgan fingerprint density at radius 3 is 2.23 bits per heavy atom. The number of nitrogens with one attached hydrogen (secondary N) is 1. The second-order valence-corrected chi connectivity index (χ2v) is 8.94. The first-order valence-electron chi connectivity index (χ1n) is 12.2. The third kappa shape index (κ3) is 5.22. The SMILES string of the molecule is CCn1c2c(n(CC)c1=O)C=CC(c1cn(CC(=O)NCCN(C)C)nc1-c1ccccc1)C=C2. The number of imidazole rings is 1. The van der Waals surface area contributed by atoms with Crippen LogP contribution in [0, 0.1) is 0 Å². The van der Waals surface area contributed by atoms with E-state index in [1.165, 1.54) is 0 Å². The summed E-state index contributed by atoms with van der Waals surface area (Å²) in [4.78, 5) is 27.3. The number of aromatic nitrogens is 4. The molecule has 2 heterocycles. The van der Waals surface area contributed by atoms with Gasteiger partial charge in [0, 0.05) is 49.4 Å². The number of allylic oxidation sites excluding steroid dienone is 2. The van der Waals surface area contributed by atoms with Crippen molar-refractivity contribution in [2.24, 2.45) is 0 Å². The number of hydrogen-bond donors (Lipinski definition) is 1. The smallest absolute Gasteiger partial charge is 0.329 e. The van der Waals surface area contributed by atoms with E-state index >= 15 is 0 Å². The van der Waals surface area contributed by atoms with Crippen LogP contribution >= 0.6 is 0 Å². The lowest BCUT2D eigenvalue weighted by molar-refractivity contribution is -0.121. The van der Waals surface area contributed by atoms with Gasteiger partial charge in [-0.05, 0) is 40.1 Å². The van der Waals surface area contributed by atoms with Crippen LogP contribution in [0.3, 0.4) is 0 Å². The molecule has 0 aliphatic heterocycles. The molecule has 0 unspecified atom stereocenters. The van der Waals surface area contributed by atoms with Crippen molar-refractivity contribution in [2.75, 3.05) is 27.2 Å². The maximum absolute atomic E-state index is 12.7. The minimum atomic E-state index is -0.0659. The number of carbonyl (C=O) groups is 1. The van der Waals surface area contributed by atoms with Crippen LogP contribution in [0.15, 0.2) is 53.5 Å². The lowest BCUT2D eigenvalue weighted by Gasteiger charge is -2.10. The molecule has 8 heteroatoms. The summed E-state index contributed by atoms with van der Waals surface area (Å²) in [6.45, 7) is 6.75. The first-order valence-corrected chi connectivity index (χ1v) is 12.2. The fourth-order valence-corrected chi connectivity index (χ4v) is 4.46. The number of nitrogens with zero attached hydrogens (tertiary/aromatic N) is 5. The third-order valence-electron chi connectivity index (χ3n) is 6.24. The van der Waals surface area contributed by atoms with E-state index in [0.717, 1.165) is 34.8 Å². The minimum absolute atomic E-state index is 0.0193. The molecule has 1 amide bonds. The van der Waals surface area contributed by atoms with Crippen LogP contribution in [-0.4, -0.2) is 56.9 Å². The summed E-state index contributed by atoms with van der Waals surface area (Å²) in [7, 11) is 3.96. The molecule has 1 aliphatic carbocycles. The van der Waals surface area contributed by atoms with E-state index in [1.807, 2.05) is 90.7 Å². The van der Waals surface area contributed by atoms with Crippen LogP contribution in [0.1, 0.15) is 36.7 Å². The molecule has 1 aliphatic rings. The molecular formula is C27H34N6O2. The van der Waals surface area contributed by atoms with Gasteiger partial charge in [0.2, 0.25) is 5.91 Å². The summed E-state index contributed by atoms with van der Waals surface area (Å²) in [5.74, 6) is -0.113. The molecule has 3 aromatic rings. The summed E-state index contributed by atoms with van der Waals surface area (Å²) in [5, 5.41) is 7.76. The summed E-state index contributed by atoms with van der Waals surface area (Å²) in [6, 6.07) is 10.0. The number of benzene rings is 1. The first-order chi connectivity index (χ1) is 16.9. The molecule has 0 spiro atoms. The summed E-state index contributed by atoms with van der Waals surface area (Å²) in [6.07, 6.45) is 10.3. The Kier molecular flexibility index (Phi) is 7.51. The van der Waals surface area contributed by atoms with E-state index < -0.39 is 0 Å². The molecule has 0 atom stereocenters. The highest BCUT2D eigenvalue weighted by Gasteiger charge is 2.22. The molecule has 4 rings (SSSR count). The van der Waals surface area contributed by atoms with Gasteiger partial charge in [-0.1, -0.05) is 42.5 Å². The van der Waals surface area contributed by atoms with Crippen molar-refractivity contribution in [3.05, 3.63) is 76.1 Å². The Morgan fingerprint density at radius 1 is 1.03 bits per heavy atom. The maximum Gasteiger partial charge on any atom is 0.329 e. The topological polar surface area (TPSA) is 77.1 Å². The zero-order valence-corrected chi connectivity index (χ0v) is 20.9. The summed E-state index contributed by atoms with van der Waals surface area (Å²) >= 11 is 0. The molecule has 0 fully saturated rings. The van der Waals surface area contributed by atoms with Gasteiger partial charge in [0.05, 0.1) is 17.1 Å². The maximum atomic E-state index is 12.7. The fourth-order valence-electron chi connectivity index (χ4n) is 4.46. The Morgan fingerprint density at radius 2 is 1.66 bits per heavy atom. The van der Waals surface area contributed by atoms with E-state index in [9.17, 15) is 9.59 Å². The minimum Gasteiger partial charge on any atom is -0.353 e. The molecule has 1 N–H and O–H groups in total. The molecule has 2 aromatic heterocycles. The van der Waals surface area contributed by atoms with Crippen LogP contribution in [0.2, 0.25) is 0 Å². The number of likely N-dealkylation sites (N-methyl/N-ethyl adjacent to an activating group) is 1. The van der Waals surface area contributed by atoms with Crippen LogP contribution in [0.4, 0.5) is 0 Å². The summed E-state index contributed by atoms with van der Waals surface area (Å²) < 4.78 is 5.33. The first kappa shape index (κ1) is 24.5. The predicted molar refractivity (Wildman–Crippen MR) is 140 cm³/mol. The van der Waals surface area contributed by atoms with Crippen molar-refractivity contribution in [3.63, 3.8) is 0 Å². The summed E-state index contributed by atoms with van der Waals surface area (Å²) in [5.41, 5.74) is 4.73. The van der Waals surface area contributed by atoms with Crippen LogP contribution in [-0.2, 0) is 24.4 Å². The number of hydrogen-bond acceptors (Lipinski definition) is 4. The second kappa shape index (κ2) is 10.7. The molecular weight excluding hydrogens is 440 g/mol. The number of fused-ring (bicyclic) bond motifs is 1. The molecule has 0 saturated carbocycles. The molecule has 0 bridgehead atoms. The van der Waals surface area contributed by atoms with Gasteiger partial charge in [-0.15, -0.1) is 0 Å². The van der Waals surface area contributed by atoms with E-state index in [0.29, 0.717) is 19.6 Å². The van der Waals surface area contributed by atoms with E-state index in [2.05, 4.69) is 17.5 Å². The van der Waals surface area contributed by atoms with Gasteiger partial charge in [0.15, 0.2) is 0 Å². The van der Waals surface area contributed by atoms with Gasteiger partial charge in [0.1, 0.15) is 6.54 Å². The van der Waals surface area contributed by atoms with Crippen molar-refractivity contribution in [1.82, 2.24) is 29.1 Å². The monoisotopic (exact) mass is 474 g/mol. The van der Waals surface area contributed by atoms with Gasteiger partial charge >= 0.3 is 5.69 Å². The Bertz CT molecular complexity index is 1250. The lowest BCUT2D eigenvalue weighted by atomic mass is 9.96. The molecule has 35 heavy (non-hydrogen) atoms. The largest absolute Gasteiger partial charge is 0.353 e. The number of amides is 1. The zero-order valence-electron chi connectivity index (χ0n) is 20.9. The van der Waals surface area contributed by atoms with Gasteiger partial charge in [0.25, 0.3) is 0 Å². The predicted octanol–water partition coefficient (Wildman–Crippen LogP) is 3.05. The van der Waals surface area contributed by atoms with E-state index in [1.54, 1.807) is 4.68 Å². The van der Waals surface area contributed by atoms with Crippen molar-refractivity contribution >= 4 is 18.1 Å². The standard InChI is InChI=1S/C27H34N6O2/c1-5-32-23-14-12-20(13-15-24(23)33(6-2)27(32)35)22-18-31(19-25(34)28-16-17-30(3)4)29-26(22)21-10-8-7-9-11-21/h7-15,18,20H,5-6,16-17,19H2,1-4H3,(H,28,34). The molecule has 0 radical (unpaired) electrons. The fraction of sp³-hybridized carbons (Fsp3) is 0.370. The average molecular weight is 475 g/mol. The zero-order chi connectivity index (χ0) is 24.9. The highest BCUT2D eigenvalue weighted by atomic mass is 16.2. The van der Waals surface area contributed by atoms with Gasteiger partial charge < -0.3 is 10.2 Å². The van der Waals surface area contributed by atoms with E-state index in [-0.39, 0.29) is 24.1 Å². The molecule has 184 valence electrons. The third-order valence-corrected chi connectivity index (χ3v) is 6.24. The van der Waals surface area contributed by atoms with Gasteiger partial charge in [-0.3, -0.25) is 18.6 Å². The molecule has 8 nitrogen and oxygen atoms in total. The van der Waals surface area contributed by atoms with Crippen molar-refractivity contribution in [1.29, 1.82) is 0 Å². The van der Waals surface area contributed by atoms with Crippen LogP contribution in [0.5, 0.6) is 0 Å².